The molecule has 21 heavy (non-hydrogen) atoms. The monoisotopic (exact) mass is 286 g/mol. The topological polar surface area (TPSA) is 86.8 Å². The number of phenols is 2. The molecular formula is C16H18N2O3. The lowest BCUT2D eigenvalue weighted by atomic mass is 10.1. The number of amides is 1. The zero-order chi connectivity index (χ0) is 15.4. The molecule has 2 aromatic rings. The van der Waals surface area contributed by atoms with Crippen molar-refractivity contribution in [3.8, 4) is 11.5 Å². The number of aromatic hydroxyl groups is 2. The number of hydrogen-bond acceptors (Lipinski definition) is 4. The number of nitrogens with two attached hydrogens (primary N) is 1. The van der Waals surface area contributed by atoms with E-state index in [4.69, 9.17) is 5.73 Å². The zero-order valence-corrected chi connectivity index (χ0v) is 11.8. The van der Waals surface area contributed by atoms with Crippen molar-refractivity contribution in [3.05, 3.63) is 53.6 Å². The molecule has 0 aliphatic rings. The predicted octanol–water partition coefficient (Wildman–Crippen LogP) is 2.22. The Bertz CT molecular complexity index is 638. The van der Waals surface area contributed by atoms with E-state index in [2.05, 4.69) is 0 Å². The Labute approximate surface area is 123 Å². The summed E-state index contributed by atoms with van der Waals surface area (Å²) in [6.07, 6.45) is 0. The molecule has 110 valence electrons. The Balaban J connectivity index is 2.35. The molecule has 5 heteroatoms. The molecule has 2 rings (SSSR count). The van der Waals surface area contributed by atoms with Crippen molar-refractivity contribution in [3.63, 3.8) is 0 Å². The molecule has 0 aliphatic heterocycles. The molecule has 0 unspecified atom stereocenters. The van der Waals surface area contributed by atoms with Gasteiger partial charge in [-0.25, -0.2) is 0 Å². The number of carbonyl (C=O) groups is 1. The highest BCUT2D eigenvalue weighted by atomic mass is 16.3. The fourth-order valence-electron chi connectivity index (χ4n) is 2.10. The van der Waals surface area contributed by atoms with Gasteiger partial charge in [0.05, 0.1) is 5.56 Å². The third-order valence-corrected chi connectivity index (χ3v) is 3.26. The van der Waals surface area contributed by atoms with Gasteiger partial charge in [-0.15, -0.1) is 0 Å². The lowest BCUT2D eigenvalue weighted by molar-refractivity contribution is 0.0985. The number of hydrogen-bond donors (Lipinski definition) is 3. The number of anilines is 1. The van der Waals surface area contributed by atoms with Gasteiger partial charge in [0.15, 0.2) is 0 Å². The molecule has 0 saturated heterocycles. The maximum atomic E-state index is 12.5. The predicted molar refractivity (Wildman–Crippen MR) is 81.5 cm³/mol. The molecule has 0 saturated carbocycles. The zero-order valence-electron chi connectivity index (χ0n) is 11.8. The van der Waals surface area contributed by atoms with Crippen molar-refractivity contribution in [2.24, 2.45) is 5.73 Å². The highest BCUT2D eigenvalue weighted by molar-refractivity contribution is 6.08. The van der Waals surface area contributed by atoms with Crippen LogP contribution in [0.4, 0.5) is 5.69 Å². The summed E-state index contributed by atoms with van der Waals surface area (Å²) in [6.45, 7) is 2.72. The van der Waals surface area contributed by atoms with Gasteiger partial charge in [0, 0.05) is 18.8 Å². The summed E-state index contributed by atoms with van der Waals surface area (Å²) in [7, 11) is 0. The Morgan fingerprint density at radius 2 is 1.81 bits per heavy atom. The van der Waals surface area contributed by atoms with Crippen molar-refractivity contribution in [2.75, 3.05) is 11.4 Å². The minimum atomic E-state index is -0.369. The Morgan fingerprint density at radius 3 is 2.38 bits per heavy atom. The van der Waals surface area contributed by atoms with Crippen LogP contribution >= 0.6 is 0 Å². The molecule has 2 aromatic carbocycles. The van der Waals surface area contributed by atoms with Gasteiger partial charge in [0.1, 0.15) is 11.5 Å². The van der Waals surface area contributed by atoms with Gasteiger partial charge in [0.25, 0.3) is 5.91 Å². The molecule has 1 amide bonds. The normalized spacial score (nSPS) is 10.4. The standard InChI is InChI=1S/C16H18N2O3/c1-2-18(12-5-3-11(10-17)4-6-12)16(21)14-9-13(19)7-8-15(14)20/h3-9,19-20H,2,10,17H2,1H3. The lowest BCUT2D eigenvalue weighted by Gasteiger charge is -2.22. The second kappa shape index (κ2) is 6.28. The SMILES string of the molecule is CCN(C(=O)c1cc(O)ccc1O)c1ccc(CN)cc1. The summed E-state index contributed by atoms with van der Waals surface area (Å²) in [6, 6.07) is 11.2. The maximum Gasteiger partial charge on any atom is 0.262 e. The maximum absolute atomic E-state index is 12.5. The van der Waals surface area contributed by atoms with Crippen LogP contribution in [0.3, 0.4) is 0 Å². The first-order valence-corrected chi connectivity index (χ1v) is 6.69. The van der Waals surface area contributed by atoms with Crippen LogP contribution in [0.1, 0.15) is 22.8 Å². The van der Waals surface area contributed by atoms with Crippen LogP contribution in [-0.2, 0) is 6.54 Å². The van der Waals surface area contributed by atoms with Crippen LogP contribution in [-0.4, -0.2) is 22.7 Å². The smallest absolute Gasteiger partial charge is 0.262 e. The van der Waals surface area contributed by atoms with Crippen LogP contribution in [0.25, 0.3) is 0 Å². The molecule has 0 fully saturated rings. The molecule has 0 aromatic heterocycles. The fourth-order valence-corrected chi connectivity index (χ4v) is 2.10. The first kappa shape index (κ1) is 14.9. The fraction of sp³-hybridized carbons (Fsp3) is 0.188. The van der Waals surface area contributed by atoms with Crippen molar-refractivity contribution in [1.82, 2.24) is 0 Å². The van der Waals surface area contributed by atoms with Gasteiger partial charge in [0.2, 0.25) is 0 Å². The molecule has 4 N–H and O–H groups in total. The molecule has 0 spiro atoms. The van der Waals surface area contributed by atoms with Gasteiger partial charge in [-0.3, -0.25) is 4.79 Å². The van der Waals surface area contributed by atoms with Gasteiger partial charge in [-0.1, -0.05) is 12.1 Å². The first-order valence-electron chi connectivity index (χ1n) is 6.69. The Kier molecular flexibility index (Phi) is 4.45. The van der Waals surface area contributed by atoms with E-state index >= 15 is 0 Å². The van der Waals surface area contributed by atoms with Crippen molar-refractivity contribution >= 4 is 11.6 Å². The molecule has 0 atom stereocenters. The highest BCUT2D eigenvalue weighted by Gasteiger charge is 2.19. The Hall–Kier alpha value is -2.53. The number of phenolic OH excluding ortho intramolecular Hbond substituents is 2. The van der Waals surface area contributed by atoms with Crippen LogP contribution < -0.4 is 10.6 Å². The van der Waals surface area contributed by atoms with Crippen LogP contribution in [0.2, 0.25) is 0 Å². The first-order chi connectivity index (χ1) is 10.1. The van der Waals surface area contributed by atoms with Gasteiger partial charge in [-0.05, 0) is 42.8 Å². The molecular weight excluding hydrogens is 268 g/mol. The second-order valence-electron chi connectivity index (χ2n) is 4.62. The summed E-state index contributed by atoms with van der Waals surface area (Å²) in [4.78, 5) is 14.1. The molecule has 0 heterocycles. The van der Waals surface area contributed by atoms with E-state index < -0.39 is 0 Å². The average Bonchev–Trinajstić information content (AvgIpc) is 2.51. The third kappa shape index (κ3) is 3.14. The Morgan fingerprint density at radius 1 is 1.14 bits per heavy atom. The summed E-state index contributed by atoms with van der Waals surface area (Å²) in [5.74, 6) is -0.591. The van der Waals surface area contributed by atoms with E-state index in [1.165, 1.54) is 23.1 Å². The summed E-state index contributed by atoms with van der Waals surface area (Å²) in [5, 5.41) is 19.3. The van der Waals surface area contributed by atoms with Crippen LogP contribution in [0.15, 0.2) is 42.5 Å². The molecule has 0 bridgehead atoms. The van der Waals surface area contributed by atoms with Crippen LogP contribution in [0.5, 0.6) is 11.5 Å². The summed E-state index contributed by atoms with van der Waals surface area (Å²) >= 11 is 0. The number of benzene rings is 2. The summed E-state index contributed by atoms with van der Waals surface area (Å²) in [5.41, 5.74) is 7.31. The molecule has 5 nitrogen and oxygen atoms in total. The summed E-state index contributed by atoms with van der Waals surface area (Å²) < 4.78 is 0. The van der Waals surface area contributed by atoms with Crippen molar-refractivity contribution in [1.29, 1.82) is 0 Å². The number of carbonyl (C=O) groups excluding carboxylic acids is 1. The van der Waals surface area contributed by atoms with E-state index in [0.717, 1.165) is 5.56 Å². The van der Waals surface area contributed by atoms with Gasteiger partial charge < -0.3 is 20.8 Å². The van der Waals surface area contributed by atoms with E-state index in [-0.39, 0.29) is 23.0 Å². The van der Waals surface area contributed by atoms with E-state index in [1.54, 1.807) is 0 Å². The second-order valence-corrected chi connectivity index (χ2v) is 4.62. The molecule has 0 aliphatic carbocycles. The van der Waals surface area contributed by atoms with Gasteiger partial charge >= 0.3 is 0 Å². The quantitative estimate of drug-likeness (QED) is 0.752. The van der Waals surface area contributed by atoms with Gasteiger partial charge in [-0.2, -0.15) is 0 Å². The van der Waals surface area contributed by atoms with Crippen molar-refractivity contribution < 1.29 is 15.0 Å². The van der Waals surface area contributed by atoms with Crippen molar-refractivity contribution in [2.45, 2.75) is 13.5 Å². The highest BCUT2D eigenvalue weighted by Crippen LogP contribution is 2.26. The largest absolute Gasteiger partial charge is 0.508 e. The number of rotatable bonds is 4. The average molecular weight is 286 g/mol. The van der Waals surface area contributed by atoms with E-state index in [0.29, 0.717) is 18.8 Å². The molecule has 0 radical (unpaired) electrons. The minimum Gasteiger partial charge on any atom is -0.508 e. The third-order valence-electron chi connectivity index (χ3n) is 3.26. The minimum absolute atomic E-state index is 0.0642. The van der Waals surface area contributed by atoms with E-state index in [9.17, 15) is 15.0 Å². The lowest BCUT2D eigenvalue weighted by Crippen LogP contribution is -2.30. The van der Waals surface area contributed by atoms with Crippen LogP contribution in [0, 0.1) is 0 Å². The van der Waals surface area contributed by atoms with E-state index in [1.807, 2.05) is 31.2 Å². The number of nitrogens with zero attached hydrogens (tertiary/aromatic N) is 1.